The molecule has 13 heteroatoms. The molecule has 224 valence electrons. The summed E-state index contributed by atoms with van der Waals surface area (Å²) >= 11 is 0. The lowest BCUT2D eigenvalue weighted by molar-refractivity contribution is -0.141. The number of fused-ring (bicyclic) bond motifs is 2. The number of hydrogen-bond donors (Lipinski definition) is 2. The minimum Gasteiger partial charge on any atom is -0.383 e. The van der Waals surface area contributed by atoms with Gasteiger partial charge in [0.2, 0.25) is 12.2 Å². The zero-order valence-corrected chi connectivity index (χ0v) is 24.4. The molecule has 5 rings (SSSR count). The van der Waals surface area contributed by atoms with E-state index in [1.165, 1.54) is 6.20 Å². The summed E-state index contributed by atoms with van der Waals surface area (Å²) in [6, 6.07) is 5.34. The van der Waals surface area contributed by atoms with Crippen molar-refractivity contribution in [2.45, 2.75) is 44.6 Å². The number of aryl methyl sites for hydroxylation is 1. The van der Waals surface area contributed by atoms with Gasteiger partial charge < -0.3 is 24.4 Å². The second kappa shape index (κ2) is 13.4. The van der Waals surface area contributed by atoms with Gasteiger partial charge in [-0.05, 0) is 49.4 Å². The number of nitriles is 1. The Bertz CT molecular complexity index is 1340. The number of aromatic nitrogens is 2. The molecule has 2 aromatic rings. The van der Waals surface area contributed by atoms with Crippen molar-refractivity contribution in [2.24, 2.45) is 0 Å². The first-order chi connectivity index (χ1) is 20.5. The fourth-order valence-corrected chi connectivity index (χ4v) is 5.94. The minimum atomic E-state index is -0.763. The van der Waals surface area contributed by atoms with Crippen LogP contribution >= 0.6 is 0 Å². The van der Waals surface area contributed by atoms with Gasteiger partial charge in [0.1, 0.15) is 23.4 Å². The first kappa shape index (κ1) is 29.7. The highest BCUT2D eigenvalue weighted by Crippen LogP contribution is 2.33. The SMILES string of the molecule is COCCNc1cc(NC(=O)N2CCCc3cc(CN4CCN5CCCC5C4=O)c(C(OC)OC)nc32)ncc1C#N. The zero-order chi connectivity index (χ0) is 29.6. The number of nitrogens with one attached hydrogen (secondary N) is 2. The molecule has 1 atom stereocenters. The van der Waals surface area contributed by atoms with Crippen LogP contribution < -0.4 is 15.5 Å². The molecule has 0 bridgehead atoms. The van der Waals surface area contributed by atoms with Crippen molar-refractivity contribution in [3.63, 3.8) is 0 Å². The summed E-state index contributed by atoms with van der Waals surface area (Å²) in [4.78, 5) is 41.8. The average molecular weight is 579 g/mol. The highest BCUT2D eigenvalue weighted by Gasteiger charge is 2.38. The van der Waals surface area contributed by atoms with Crippen molar-refractivity contribution in [3.8, 4) is 6.07 Å². The topological polar surface area (TPSA) is 145 Å². The molecule has 0 aliphatic carbocycles. The fraction of sp³-hybridized carbons (Fsp3) is 0.552. The van der Waals surface area contributed by atoms with Gasteiger partial charge in [0.05, 0.1) is 23.9 Å². The predicted octanol–water partition coefficient (Wildman–Crippen LogP) is 2.49. The molecule has 1 unspecified atom stereocenters. The van der Waals surface area contributed by atoms with Gasteiger partial charge in [0.25, 0.3) is 0 Å². The van der Waals surface area contributed by atoms with Crippen molar-refractivity contribution < 1.29 is 23.8 Å². The third kappa shape index (κ3) is 6.17. The first-order valence-corrected chi connectivity index (χ1v) is 14.3. The molecule has 0 saturated carbocycles. The number of pyridine rings is 2. The number of carbonyl (C=O) groups excluding carboxylic acids is 2. The molecule has 3 aliphatic rings. The van der Waals surface area contributed by atoms with Gasteiger partial charge in [-0.2, -0.15) is 5.26 Å². The Kier molecular flexibility index (Phi) is 9.48. The van der Waals surface area contributed by atoms with Crippen molar-refractivity contribution in [2.75, 3.05) is 76.2 Å². The summed E-state index contributed by atoms with van der Waals surface area (Å²) in [7, 11) is 4.68. The van der Waals surface area contributed by atoms with E-state index >= 15 is 0 Å². The van der Waals surface area contributed by atoms with Crippen molar-refractivity contribution in [1.82, 2.24) is 19.8 Å². The van der Waals surface area contributed by atoms with Gasteiger partial charge in [-0.25, -0.2) is 14.8 Å². The van der Waals surface area contributed by atoms with Crippen LogP contribution in [0.15, 0.2) is 18.3 Å². The molecule has 0 radical (unpaired) electrons. The maximum absolute atomic E-state index is 13.5. The van der Waals surface area contributed by atoms with E-state index in [-0.39, 0.29) is 18.0 Å². The van der Waals surface area contributed by atoms with Gasteiger partial charge >= 0.3 is 6.03 Å². The summed E-state index contributed by atoms with van der Waals surface area (Å²) < 4.78 is 16.3. The second-order valence-corrected chi connectivity index (χ2v) is 10.6. The number of carbonyl (C=O) groups is 2. The molecular formula is C29H38N8O5. The van der Waals surface area contributed by atoms with Crippen LogP contribution in [0.4, 0.5) is 22.1 Å². The lowest BCUT2D eigenvalue weighted by atomic mass is 10.0. The Hall–Kier alpha value is -3.83. The number of ether oxygens (including phenoxy) is 3. The minimum absolute atomic E-state index is 0.0425. The molecule has 0 aromatic carbocycles. The number of amides is 3. The van der Waals surface area contributed by atoms with Crippen LogP contribution in [-0.4, -0.2) is 98.4 Å². The molecule has 0 spiro atoms. The van der Waals surface area contributed by atoms with E-state index in [2.05, 4.69) is 26.6 Å². The Morgan fingerprint density at radius 3 is 2.76 bits per heavy atom. The average Bonchev–Trinajstić information content (AvgIpc) is 3.49. The smallest absolute Gasteiger partial charge is 0.328 e. The second-order valence-electron chi connectivity index (χ2n) is 10.6. The largest absolute Gasteiger partial charge is 0.383 e. The van der Waals surface area contributed by atoms with E-state index in [9.17, 15) is 14.9 Å². The first-order valence-electron chi connectivity index (χ1n) is 14.3. The summed E-state index contributed by atoms with van der Waals surface area (Å²) in [6.07, 6.45) is 4.10. The molecule has 2 saturated heterocycles. The number of rotatable bonds is 10. The lowest BCUT2D eigenvalue weighted by Crippen LogP contribution is -2.53. The number of piperazine rings is 1. The number of hydrogen-bond acceptors (Lipinski definition) is 10. The van der Waals surface area contributed by atoms with Gasteiger partial charge in [-0.15, -0.1) is 0 Å². The van der Waals surface area contributed by atoms with Gasteiger partial charge in [0, 0.05) is 66.3 Å². The van der Waals surface area contributed by atoms with Gasteiger partial charge in [0.15, 0.2) is 0 Å². The predicted molar refractivity (Wildman–Crippen MR) is 155 cm³/mol. The number of anilines is 3. The normalized spacial score (nSPS) is 18.5. The van der Waals surface area contributed by atoms with Crippen LogP contribution in [-0.2, 0) is 32.0 Å². The fourth-order valence-electron chi connectivity index (χ4n) is 5.94. The van der Waals surface area contributed by atoms with Crippen molar-refractivity contribution >= 4 is 29.3 Å². The van der Waals surface area contributed by atoms with Crippen LogP contribution in [0, 0.1) is 11.3 Å². The molecule has 5 heterocycles. The van der Waals surface area contributed by atoms with Gasteiger partial charge in [-0.1, -0.05) is 0 Å². The Balaban J connectivity index is 1.40. The summed E-state index contributed by atoms with van der Waals surface area (Å²) in [5, 5.41) is 15.4. The molecule has 2 aromatic heterocycles. The molecule has 42 heavy (non-hydrogen) atoms. The quantitative estimate of drug-likeness (QED) is 0.319. The van der Waals surface area contributed by atoms with Crippen LogP contribution in [0.1, 0.15) is 47.9 Å². The van der Waals surface area contributed by atoms with E-state index in [0.717, 1.165) is 49.9 Å². The third-order valence-corrected chi connectivity index (χ3v) is 8.03. The van der Waals surface area contributed by atoms with Gasteiger partial charge in [-0.3, -0.25) is 19.9 Å². The van der Waals surface area contributed by atoms with E-state index in [1.807, 2.05) is 11.0 Å². The van der Waals surface area contributed by atoms with Crippen LogP contribution in [0.3, 0.4) is 0 Å². The lowest BCUT2D eigenvalue weighted by Gasteiger charge is -2.37. The Morgan fingerprint density at radius 1 is 1.17 bits per heavy atom. The maximum atomic E-state index is 13.5. The summed E-state index contributed by atoms with van der Waals surface area (Å²) in [5.74, 6) is 0.982. The summed E-state index contributed by atoms with van der Waals surface area (Å²) in [6.45, 7) is 4.33. The molecule has 13 nitrogen and oxygen atoms in total. The van der Waals surface area contributed by atoms with Crippen LogP contribution in [0.2, 0.25) is 0 Å². The third-order valence-electron chi connectivity index (χ3n) is 8.03. The number of nitrogens with zero attached hydrogens (tertiary/aromatic N) is 6. The summed E-state index contributed by atoms with van der Waals surface area (Å²) in [5.41, 5.74) is 3.23. The number of urea groups is 1. The van der Waals surface area contributed by atoms with Crippen LogP contribution in [0.5, 0.6) is 0 Å². The van der Waals surface area contributed by atoms with E-state index in [0.29, 0.717) is 61.4 Å². The molecular weight excluding hydrogens is 540 g/mol. The van der Waals surface area contributed by atoms with Crippen molar-refractivity contribution in [3.05, 3.63) is 40.7 Å². The van der Waals surface area contributed by atoms with Crippen LogP contribution in [0.25, 0.3) is 0 Å². The molecule has 2 fully saturated rings. The molecule has 3 aliphatic heterocycles. The Labute approximate surface area is 245 Å². The van der Waals surface area contributed by atoms with E-state index in [1.54, 1.807) is 32.3 Å². The molecule has 3 amide bonds. The van der Waals surface area contributed by atoms with Crippen molar-refractivity contribution in [1.29, 1.82) is 5.26 Å². The highest BCUT2D eigenvalue weighted by atomic mass is 16.7. The Morgan fingerprint density at radius 2 is 2.00 bits per heavy atom. The maximum Gasteiger partial charge on any atom is 0.328 e. The van der Waals surface area contributed by atoms with E-state index < -0.39 is 6.29 Å². The molecule has 2 N–H and O–H groups in total. The number of methoxy groups -OCH3 is 3. The zero-order valence-electron chi connectivity index (χ0n) is 24.4. The highest BCUT2D eigenvalue weighted by molar-refractivity contribution is 6.01. The standard InChI is InChI=1S/C29H38N8O5/c1-40-13-8-31-22-15-24(32-17-21(22)16-30)33-29(39)37-10-4-6-19-14-20(25(34-26(19)37)28(41-2)42-3)18-36-12-11-35-9-5-7-23(35)27(36)38/h14-15,17,23,28H,4-13,18H2,1-3H3,(H2,31,32,33,39). The monoisotopic (exact) mass is 578 g/mol. The van der Waals surface area contributed by atoms with E-state index in [4.69, 9.17) is 19.2 Å².